The monoisotopic (exact) mass is 994 g/mol. The lowest BCUT2D eigenvalue weighted by molar-refractivity contribution is -0.0130. The molecule has 10 rings (SSSR count). The predicted molar refractivity (Wildman–Crippen MR) is 271 cm³/mol. The van der Waals surface area contributed by atoms with Crippen LogP contribution in [0.4, 0.5) is 0 Å². The van der Waals surface area contributed by atoms with E-state index in [4.69, 9.17) is 42.6 Å². The number of carbonyl (C=O) groups excluding carboxylic acids is 2. The van der Waals surface area contributed by atoms with Crippen LogP contribution in [0.2, 0.25) is 0 Å². The molecule has 8 aromatic carbocycles. The first kappa shape index (κ1) is 48.6. The smallest absolute Gasteiger partial charge is 0.343 e. The zero-order chi connectivity index (χ0) is 51.0. The highest BCUT2D eigenvalue weighted by Gasteiger charge is 2.41. The number of hydrogen-bond acceptors (Lipinski definition) is 14. The second-order valence-corrected chi connectivity index (χ2v) is 17.4. The van der Waals surface area contributed by atoms with E-state index < -0.39 is 42.8 Å². The van der Waals surface area contributed by atoms with Crippen LogP contribution in [0.15, 0.2) is 182 Å². The number of rotatable bonds is 18. The van der Waals surface area contributed by atoms with Crippen LogP contribution in [-0.2, 0) is 26.4 Å². The summed E-state index contributed by atoms with van der Waals surface area (Å²) in [6.07, 6.45) is -4.69. The van der Waals surface area contributed by atoms with E-state index in [2.05, 4.69) is 0 Å². The molecule has 4 atom stereocenters. The molecule has 14 heteroatoms. The van der Waals surface area contributed by atoms with E-state index in [1.54, 1.807) is 48.5 Å². The summed E-state index contributed by atoms with van der Waals surface area (Å²) in [5.41, 5.74) is 4.42. The van der Waals surface area contributed by atoms with Crippen LogP contribution in [-0.4, -0.2) is 53.0 Å². The molecule has 0 fully saturated rings. The van der Waals surface area contributed by atoms with Crippen LogP contribution in [0.3, 0.4) is 0 Å². The molecule has 8 aromatic rings. The minimum atomic E-state index is -1.68. The van der Waals surface area contributed by atoms with Gasteiger partial charge in [-0.3, -0.25) is 4.79 Å². The Morgan fingerprint density at radius 3 is 1.62 bits per heavy atom. The van der Waals surface area contributed by atoms with Gasteiger partial charge in [-0.15, -0.1) is 0 Å². The number of benzene rings is 8. The van der Waals surface area contributed by atoms with Crippen LogP contribution in [0.25, 0.3) is 0 Å². The number of carbonyl (C=O) groups is 2. The largest absolute Gasteiger partial charge is 0.507 e. The summed E-state index contributed by atoms with van der Waals surface area (Å²) in [6, 6.07) is 53.9. The van der Waals surface area contributed by atoms with E-state index >= 15 is 0 Å². The molecule has 3 N–H and O–H groups in total. The van der Waals surface area contributed by atoms with Crippen LogP contribution in [0, 0.1) is 0 Å². The molecule has 2 aliphatic heterocycles. The van der Waals surface area contributed by atoms with Gasteiger partial charge in [-0.1, -0.05) is 133 Å². The molecule has 0 spiro atoms. The first-order valence-corrected chi connectivity index (χ1v) is 23.8. The van der Waals surface area contributed by atoms with Gasteiger partial charge < -0.3 is 58.0 Å². The number of fused-ring (bicyclic) bond motifs is 2. The van der Waals surface area contributed by atoms with Crippen molar-refractivity contribution in [2.24, 2.45) is 0 Å². The van der Waals surface area contributed by atoms with Crippen molar-refractivity contribution in [2.45, 2.75) is 50.8 Å². The quantitative estimate of drug-likeness (QED) is 0.0546. The first-order valence-electron chi connectivity index (χ1n) is 23.8. The molecule has 74 heavy (non-hydrogen) atoms. The van der Waals surface area contributed by atoms with Gasteiger partial charge in [0.2, 0.25) is 11.5 Å². The Hall–Kier alpha value is -8.98. The number of aliphatic hydroxyl groups is 2. The molecule has 374 valence electrons. The summed E-state index contributed by atoms with van der Waals surface area (Å²) in [7, 11) is 1.43. The summed E-state index contributed by atoms with van der Waals surface area (Å²) in [6.45, 7) is 0.309. The van der Waals surface area contributed by atoms with E-state index in [1.807, 2.05) is 121 Å². The van der Waals surface area contributed by atoms with Crippen molar-refractivity contribution in [3.05, 3.63) is 226 Å². The number of methoxy groups -OCH3 is 1. The number of ketones is 1. The van der Waals surface area contributed by atoms with Crippen molar-refractivity contribution in [3.8, 4) is 57.5 Å². The second kappa shape index (κ2) is 22.2. The van der Waals surface area contributed by atoms with Crippen molar-refractivity contribution in [2.75, 3.05) is 13.7 Å². The summed E-state index contributed by atoms with van der Waals surface area (Å²) < 4.78 is 55.8. The molecule has 0 radical (unpaired) electrons. The Labute approximate surface area is 426 Å². The zero-order valence-corrected chi connectivity index (χ0v) is 40.0. The average Bonchev–Trinajstić information content (AvgIpc) is 3.44. The molecule has 0 aliphatic carbocycles. The molecule has 0 aromatic heterocycles. The van der Waals surface area contributed by atoms with Crippen molar-refractivity contribution >= 4 is 11.8 Å². The Bertz CT molecular complexity index is 3180. The van der Waals surface area contributed by atoms with Crippen LogP contribution in [0.5, 0.6) is 57.5 Å². The number of Topliss-reactive ketones (excluding diaryl/α,β-unsaturated/α-hetero) is 1. The lowest BCUT2D eigenvalue weighted by Gasteiger charge is -2.35. The number of esters is 1. The van der Waals surface area contributed by atoms with Crippen LogP contribution >= 0.6 is 0 Å². The maximum atomic E-state index is 14.3. The Morgan fingerprint density at radius 1 is 0.527 bits per heavy atom. The van der Waals surface area contributed by atoms with Gasteiger partial charge in [0, 0.05) is 17.7 Å². The molecular formula is C60H50O14. The Morgan fingerprint density at radius 2 is 1.05 bits per heavy atom. The van der Waals surface area contributed by atoms with E-state index in [0.717, 1.165) is 22.3 Å². The SMILES string of the molecule is COc1cc(C2Oc3cc([C@H]4Oc5cc(OCc6ccccc6)cc(O)c5C(=O)[C@@H]4O)ccc3OC2CO)ccc1OC(=O)c1cc(OCc2ccccc2)c(OCc2ccccc2)c(OCc2ccccc2)c1. The van der Waals surface area contributed by atoms with Gasteiger partial charge in [0.1, 0.15) is 49.2 Å². The van der Waals surface area contributed by atoms with Gasteiger partial charge in [0.25, 0.3) is 0 Å². The lowest BCUT2D eigenvalue weighted by atomic mass is 9.92. The van der Waals surface area contributed by atoms with E-state index in [9.17, 15) is 24.9 Å². The van der Waals surface area contributed by atoms with Crippen molar-refractivity contribution in [1.29, 1.82) is 0 Å². The topological polar surface area (TPSA) is 178 Å². The highest BCUT2D eigenvalue weighted by Crippen LogP contribution is 2.47. The fourth-order valence-corrected chi connectivity index (χ4v) is 8.58. The first-order chi connectivity index (χ1) is 36.2. The molecule has 0 amide bonds. The van der Waals surface area contributed by atoms with E-state index in [-0.39, 0.29) is 83.6 Å². The average molecular weight is 995 g/mol. The van der Waals surface area contributed by atoms with Gasteiger partial charge in [-0.2, -0.15) is 0 Å². The van der Waals surface area contributed by atoms with E-state index in [1.165, 1.54) is 19.2 Å². The summed E-state index contributed by atoms with van der Waals surface area (Å²) >= 11 is 0. The number of aliphatic hydroxyl groups excluding tert-OH is 2. The van der Waals surface area contributed by atoms with Crippen molar-refractivity contribution in [1.82, 2.24) is 0 Å². The standard InChI is InChI=1S/C60H50O14/c1-66-48-26-41(57-53(32-61)71-47-25-23-42(27-49(47)72-57)58-56(64)55(63)54-45(62)30-44(31-50(54)73-58)67-33-37-14-6-2-7-15-37)22-24-46(48)74-60(65)43-28-51(68-34-38-16-8-3-9-17-38)59(70-36-40-20-12-5-13-21-40)52(29-43)69-35-39-18-10-4-11-19-39/h2-31,53,56-58,61-62,64H,32-36H2,1H3/t53?,56-,57?,58+/m0/s1. The molecule has 2 heterocycles. The fourth-order valence-electron chi connectivity index (χ4n) is 8.58. The molecule has 0 saturated carbocycles. The number of phenols is 1. The minimum absolute atomic E-state index is 0.0351. The van der Waals surface area contributed by atoms with E-state index in [0.29, 0.717) is 22.6 Å². The number of hydrogen-bond donors (Lipinski definition) is 3. The fraction of sp³-hybridized carbons (Fsp3) is 0.167. The maximum absolute atomic E-state index is 14.3. The molecule has 2 unspecified atom stereocenters. The molecule has 14 nitrogen and oxygen atoms in total. The van der Waals surface area contributed by atoms with Gasteiger partial charge in [0.05, 0.1) is 19.3 Å². The minimum Gasteiger partial charge on any atom is -0.507 e. The number of aromatic hydroxyl groups is 1. The maximum Gasteiger partial charge on any atom is 0.343 e. The van der Waals surface area contributed by atoms with Crippen LogP contribution < -0.4 is 42.6 Å². The molecule has 2 aliphatic rings. The summed E-state index contributed by atoms with van der Waals surface area (Å²) in [4.78, 5) is 27.8. The molecule has 0 bridgehead atoms. The van der Waals surface area contributed by atoms with Gasteiger partial charge in [0.15, 0.2) is 58.9 Å². The highest BCUT2D eigenvalue weighted by molar-refractivity contribution is 6.05. The highest BCUT2D eigenvalue weighted by atomic mass is 16.6. The van der Waals surface area contributed by atoms with Crippen molar-refractivity contribution < 1.29 is 67.5 Å². The zero-order valence-electron chi connectivity index (χ0n) is 40.0. The third-order valence-corrected chi connectivity index (χ3v) is 12.4. The van der Waals surface area contributed by atoms with Crippen molar-refractivity contribution in [3.63, 3.8) is 0 Å². The van der Waals surface area contributed by atoms with Crippen LogP contribution in [0.1, 0.15) is 66.3 Å². The summed E-state index contributed by atoms with van der Waals surface area (Å²) in [5.74, 6) is 0.0388. The Balaban J connectivity index is 0.897. The van der Waals surface area contributed by atoms with Gasteiger partial charge >= 0.3 is 5.97 Å². The summed E-state index contributed by atoms with van der Waals surface area (Å²) in [5, 5.41) is 32.7. The molecular weight excluding hydrogens is 945 g/mol. The second-order valence-electron chi connectivity index (χ2n) is 17.4. The number of phenolic OH excluding ortho intramolecular Hbond substituents is 1. The Kier molecular flexibility index (Phi) is 14.6. The number of ether oxygens (including phenoxy) is 9. The third kappa shape index (κ3) is 10.9. The molecule has 0 saturated heterocycles. The third-order valence-electron chi connectivity index (χ3n) is 12.4. The van der Waals surface area contributed by atoms with Gasteiger partial charge in [-0.05, 0) is 64.2 Å². The van der Waals surface area contributed by atoms with Gasteiger partial charge in [-0.25, -0.2) is 4.79 Å². The normalized spacial score (nSPS) is 16.5. The predicted octanol–water partition coefficient (Wildman–Crippen LogP) is 10.5. The lowest BCUT2D eigenvalue weighted by Crippen LogP contribution is -2.37.